The van der Waals surface area contributed by atoms with E-state index in [0.29, 0.717) is 0 Å². The summed E-state index contributed by atoms with van der Waals surface area (Å²) in [5.41, 5.74) is 2.75. The fourth-order valence-electron chi connectivity index (χ4n) is 4.71. The fourth-order valence-corrected chi connectivity index (χ4v) is 4.71. The van der Waals surface area contributed by atoms with Gasteiger partial charge in [0.1, 0.15) is 11.4 Å². The Morgan fingerprint density at radius 3 is 2.45 bits per heavy atom. The molecule has 2 unspecified atom stereocenters. The molecular formula is C30H50O. The first kappa shape index (κ1) is 26.0. The van der Waals surface area contributed by atoms with Crippen LogP contribution in [0.15, 0.2) is 30.4 Å². The smallest absolute Gasteiger partial charge is 0.125 e. The molecule has 0 fully saturated rings. The van der Waals surface area contributed by atoms with E-state index in [1.54, 1.807) is 0 Å². The van der Waals surface area contributed by atoms with E-state index in [1.165, 1.54) is 88.2 Å². The third-order valence-electron chi connectivity index (χ3n) is 6.92. The highest BCUT2D eigenvalue weighted by Gasteiger charge is 2.28. The minimum absolute atomic E-state index is 0.148. The van der Waals surface area contributed by atoms with Crippen molar-refractivity contribution in [1.29, 1.82) is 0 Å². The van der Waals surface area contributed by atoms with Crippen LogP contribution in [-0.4, -0.2) is 5.60 Å². The van der Waals surface area contributed by atoms with Crippen molar-refractivity contribution >= 4 is 0 Å². The summed E-state index contributed by atoms with van der Waals surface area (Å²) in [5, 5.41) is 0. The number of rotatable bonds is 15. The molecule has 1 aliphatic rings. The van der Waals surface area contributed by atoms with Crippen molar-refractivity contribution in [2.75, 3.05) is 0 Å². The first-order valence-electron chi connectivity index (χ1n) is 13.4. The summed E-state index contributed by atoms with van der Waals surface area (Å²) in [6, 6.07) is 6.93. The molecular weight excluding hydrogens is 376 g/mol. The fraction of sp³-hybridized carbons (Fsp3) is 0.733. The highest BCUT2D eigenvalue weighted by molar-refractivity contribution is 5.40. The summed E-state index contributed by atoms with van der Waals surface area (Å²) in [5.74, 6) is 2.70. The molecule has 0 radical (unpaired) electrons. The second-order valence-corrected chi connectivity index (χ2v) is 10.8. The van der Waals surface area contributed by atoms with Gasteiger partial charge in [-0.15, -0.1) is 0 Å². The Bertz CT molecular complexity index is 644. The zero-order valence-corrected chi connectivity index (χ0v) is 21.3. The van der Waals surface area contributed by atoms with Crippen LogP contribution in [0.25, 0.3) is 0 Å². The van der Waals surface area contributed by atoms with E-state index in [4.69, 9.17) is 4.74 Å². The van der Waals surface area contributed by atoms with Gasteiger partial charge in [-0.2, -0.15) is 0 Å². The maximum Gasteiger partial charge on any atom is 0.125 e. The molecule has 176 valence electrons. The first-order chi connectivity index (χ1) is 14.9. The molecule has 0 aromatic heterocycles. The third kappa shape index (κ3) is 10.3. The Kier molecular flexibility index (Phi) is 11.8. The van der Waals surface area contributed by atoms with Gasteiger partial charge in [-0.1, -0.05) is 104 Å². The predicted octanol–water partition coefficient (Wildman–Crippen LogP) is 9.47. The minimum atomic E-state index is -0.148. The lowest BCUT2D eigenvalue weighted by Crippen LogP contribution is -2.34. The number of allylic oxidation sites excluding steroid dienone is 1. The van der Waals surface area contributed by atoms with Crippen LogP contribution in [0.3, 0.4) is 0 Å². The average Bonchev–Trinajstić information content (AvgIpc) is 2.73. The largest absolute Gasteiger partial charge is 0.483 e. The Balaban J connectivity index is 1.74. The van der Waals surface area contributed by atoms with Crippen molar-refractivity contribution in [2.45, 2.75) is 130 Å². The van der Waals surface area contributed by atoms with Crippen LogP contribution < -0.4 is 4.74 Å². The summed E-state index contributed by atoms with van der Waals surface area (Å²) in [7, 11) is 0. The first-order valence-corrected chi connectivity index (χ1v) is 13.4. The summed E-state index contributed by atoms with van der Waals surface area (Å²) >= 11 is 0. The average molecular weight is 427 g/mol. The summed E-state index contributed by atoms with van der Waals surface area (Å²) in [4.78, 5) is 0. The molecule has 2 atom stereocenters. The van der Waals surface area contributed by atoms with Crippen molar-refractivity contribution < 1.29 is 4.74 Å². The molecule has 1 heteroatoms. The van der Waals surface area contributed by atoms with Gasteiger partial charge in [0.25, 0.3) is 0 Å². The van der Waals surface area contributed by atoms with Gasteiger partial charge < -0.3 is 4.74 Å². The molecule has 1 nitrogen and oxygen atoms in total. The van der Waals surface area contributed by atoms with E-state index in [0.717, 1.165) is 30.4 Å². The van der Waals surface area contributed by atoms with E-state index in [2.05, 4.69) is 65.0 Å². The monoisotopic (exact) mass is 426 g/mol. The van der Waals surface area contributed by atoms with Crippen LogP contribution in [0, 0.1) is 11.8 Å². The number of hydrogen-bond acceptors (Lipinski definition) is 1. The highest BCUT2D eigenvalue weighted by Crippen LogP contribution is 2.35. The summed E-state index contributed by atoms with van der Waals surface area (Å²) in [6.45, 7) is 11.6. The van der Waals surface area contributed by atoms with Crippen LogP contribution in [0.5, 0.6) is 5.75 Å². The number of aryl methyl sites for hydroxylation is 2. The Morgan fingerprint density at radius 1 is 0.968 bits per heavy atom. The molecule has 2 rings (SSSR count). The molecule has 0 saturated carbocycles. The Labute approximate surface area is 194 Å². The van der Waals surface area contributed by atoms with Gasteiger partial charge in [-0.25, -0.2) is 0 Å². The number of hydrogen-bond donors (Lipinski definition) is 0. The van der Waals surface area contributed by atoms with E-state index in [9.17, 15) is 0 Å². The molecule has 0 N–H and O–H groups in total. The molecule has 1 aromatic carbocycles. The van der Waals surface area contributed by atoms with Crippen LogP contribution in [0.4, 0.5) is 0 Å². The van der Waals surface area contributed by atoms with Gasteiger partial charge >= 0.3 is 0 Å². The third-order valence-corrected chi connectivity index (χ3v) is 6.92. The minimum Gasteiger partial charge on any atom is -0.483 e. The van der Waals surface area contributed by atoms with Crippen molar-refractivity contribution in [3.63, 3.8) is 0 Å². The highest BCUT2D eigenvalue weighted by atomic mass is 16.5. The normalized spacial score (nSPS) is 19.5. The molecule has 1 heterocycles. The lowest BCUT2D eigenvalue weighted by molar-refractivity contribution is 0.114. The van der Waals surface area contributed by atoms with Crippen molar-refractivity contribution in [3.05, 3.63) is 41.5 Å². The van der Waals surface area contributed by atoms with Gasteiger partial charge in [0, 0.05) is 0 Å². The number of unbranched alkanes of at least 4 members (excludes halogenated alkanes) is 6. The van der Waals surface area contributed by atoms with Crippen molar-refractivity contribution in [3.8, 4) is 5.75 Å². The van der Waals surface area contributed by atoms with Crippen molar-refractivity contribution in [1.82, 2.24) is 0 Å². The summed E-state index contributed by atoms with van der Waals surface area (Å²) in [6.07, 6.45) is 23.0. The van der Waals surface area contributed by atoms with E-state index < -0.39 is 0 Å². The Hall–Kier alpha value is -1.24. The van der Waals surface area contributed by atoms with Crippen LogP contribution >= 0.6 is 0 Å². The molecule has 1 aromatic rings. The molecule has 0 amide bonds. The van der Waals surface area contributed by atoms with Crippen LogP contribution in [-0.2, 0) is 12.8 Å². The second kappa shape index (κ2) is 14.0. The second-order valence-electron chi connectivity index (χ2n) is 10.8. The lowest BCUT2D eigenvalue weighted by atomic mass is 9.90. The van der Waals surface area contributed by atoms with E-state index >= 15 is 0 Å². The SMILES string of the molecule is CCCCCCCCCc1ccc2c(c1)CCC(C)(C=CCC(C)CCCC(C)C)O2. The van der Waals surface area contributed by atoms with E-state index in [1.807, 2.05) is 0 Å². The van der Waals surface area contributed by atoms with Gasteiger partial charge in [0.2, 0.25) is 0 Å². The van der Waals surface area contributed by atoms with Crippen LogP contribution in [0.1, 0.15) is 123 Å². The molecule has 1 aliphatic heterocycles. The molecule has 0 saturated heterocycles. The lowest BCUT2D eigenvalue weighted by Gasteiger charge is -2.34. The molecule has 31 heavy (non-hydrogen) atoms. The standard InChI is InChI=1S/C30H50O/c1-6-7-8-9-10-11-12-18-27-19-20-29-28(24-27)21-23-30(5,31-29)22-14-17-26(4)16-13-15-25(2)3/h14,19-20,22,24-26H,6-13,15-18,21,23H2,1-5H3. The number of benzene rings is 1. The quantitative estimate of drug-likeness (QED) is 0.200. The number of ether oxygens (including phenoxy) is 1. The van der Waals surface area contributed by atoms with Crippen molar-refractivity contribution in [2.24, 2.45) is 11.8 Å². The van der Waals surface area contributed by atoms with Gasteiger partial charge in [-0.3, -0.25) is 0 Å². The number of fused-ring (bicyclic) bond motifs is 1. The molecule has 0 spiro atoms. The van der Waals surface area contributed by atoms with Gasteiger partial charge in [0.05, 0.1) is 0 Å². The Morgan fingerprint density at radius 2 is 1.71 bits per heavy atom. The molecule has 0 aliphatic carbocycles. The molecule has 0 bridgehead atoms. The van der Waals surface area contributed by atoms with Gasteiger partial charge in [-0.05, 0) is 74.1 Å². The van der Waals surface area contributed by atoms with Crippen LogP contribution in [0.2, 0.25) is 0 Å². The topological polar surface area (TPSA) is 9.23 Å². The van der Waals surface area contributed by atoms with E-state index in [-0.39, 0.29) is 5.60 Å². The predicted molar refractivity (Wildman–Crippen MR) is 137 cm³/mol. The zero-order valence-electron chi connectivity index (χ0n) is 21.3. The maximum absolute atomic E-state index is 6.46. The zero-order chi connectivity index (χ0) is 22.5. The maximum atomic E-state index is 6.46. The van der Waals surface area contributed by atoms with Gasteiger partial charge in [0.15, 0.2) is 0 Å². The summed E-state index contributed by atoms with van der Waals surface area (Å²) < 4.78 is 6.46.